The Morgan fingerprint density at radius 3 is 2.71 bits per heavy atom. The summed E-state index contributed by atoms with van der Waals surface area (Å²) in [6, 6.07) is 0.0713. The van der Waals surface area contributed by atoms with E-state index in [0.717, 1.165) is 26.1 Å². The lowest BCUT2D eigenvalue weighted by atomic mass is 9.93. The molecule has 100 valence electrons. The summed E-state index contributed by atoms with van der Waals surface area (Å²) in [4.78, 5) is 4.43. The van der Waals surface area contributed by atoms with Crippen LogP contribution in [0.5, 0.6) is 0 Å². The minimum atomic E-state index is -0.00373. The van der Waals surface area contributed by atoms with Crippen molar-refractivity contribution in [1.29, 1.82) is 0 Å². The molecule has 1 unspecified atom stereocenters. The van der Waals surface area contributed by atoms with Crippen molar-refractivity contribution in [1.82, 2.24) is 10.7 Å². The third-order valence-corrected chi connectivity index (χ3v) is 2.91. The fourth-order valence-electron chi connectivity index (χ4n) is 1.84. The minimum absolute atomic E-state index is 0.00373. The van der Waals surface area contributed by atoms with Crippen LogP contribution in [-0.2, 0) is 9.47 Å². The second kappa shape index (κ2) is 6.78. The topological polar surface area (TPSA) is 80.9 Å². The van der Waals surface area contributed by atoms with E-state index in [0.29, 0.717) is 12.6 Å². The standard InChI is InChI=1S/C11H24N4O2/c1-9(8-16-3)13-10(15-12)14-11(2)4-6-17-7-5-11/h9H,4-8,12H2,1-3H3,(H2,13,14,15). The van der Waals surface area contributed by atoms with Gasteiger partial charge in [-0.3, -0.25) is 5.43 Å². The number of nitrogens with one attached hydrogen (secondary N) is 2. The minimum Gasteiger partial charge on any atom is -0.382 e. The molecule has 0 aliphatic carbocycles. The molecule has 4 N–H and O–H groups in total. The summed E-state index contributed by atoms with van der Waals surface area (Å²) in [5.74, 6) is 6.09. The highest BCUT2D eigenvalue weighted by atomic mass is 16.5. The number of ether oxygens (including phenoxy) is 2. The van der Waals surface area contributed by atoms with Crippen molar-refractivity contribution in [3.05, 3.63) is 0 Å². The third kappa shape index (κ3) is 4.89. The van der Waals surface area contributed by atoms with Crippen molar-refractivity contribution in [2.75, 3.05) is 26.9 Å². The van der Waals surface area contributed by atoms with Crippen LogP contribution in [0.3, 0.4) is 0 Å². The number of methoxy groups -OCH3 is 1. The number of hydrazine groups is 1. The van der Waals surface area contributed by atoms with Crippen LogP contribution in [0, 0.1) is 0 Å². The Balaban J connectivity index is 2.55. The zero-order valence-corrected chi connectivity index (χ0v) is 11.0. The van der Waals surface area contributed by atoms with Gasteiger partial charge in [0.15, 0.2) is 0 Å². The first-order chi connectivity index (χ1) is 8.09. The number of nitrogens with two attached hydrogens (primary N) is 1. The van der Waals surface area contributed by atoms with Gasteiger partial charge >= 0.3 is 0 Å². The molecule has 1 aliphatic heterocycles. The molecule has 0 amide bonds. The third-order valence-electron chi connectivity index (χ3n) is 2.91. The number of nitrogens with zero attached hydrogens (tertiary/aromatic N) is 1. The summed E-state index contributed by atoms with van der Waals surface area (Å²) in [7, 11) is 1.66. The van der Waals surface area contributed by atoms with Gasteiger partial charge in [-0.25, -0.2) is 10.8 Å². The van der Waals surface area contributed by atoms with Crippen LogP contribution < -0.4 is 16.6 Å². The molecule has 0 radical (unpaired) electrons. The molecule has 1 fully saturated rings. The van der Waals surface area contributed by atoms with Crippen LogP contribution in [0.25, 0.3) is 0 Å². The molecule has 1 rings (SSSR count). The molecule has 0 spiro atoms. The van der Waals surface area contributed by atoms with Crippen LogP contribution in [0.1, 0.15) is 26.7 Å². The Kier molecular flexibility index (Phi) is 5.67. The monoisotopic (exact) mass is 244 g/mol. The van der Waals surface area contributed by atoms with Crippen molar-refractivity contribution in [2.45, 2.75) is 38.3 Å². The zero-order valence-electron chi connectivity index (χ0n) is 11.0. The Morgan fingerprint density at radius 1 is 1.53 bits per heavy atom. The van der Waals surface area contributed by atoms with E-state index in [1.807, 2.05) is 6.92 Å². The van der Waals surface area contributed by atoms with Gasteiger partial charge in [0, 0.05) is 25.9 Å². The number of hydrogen-bond donors (Lipinski definition) is 3. The summed E-state index contributed by atoms with van der Waals surface area (Å²) >= 11 is 0. The lowest BCUT2D eigenvalue weighted by Gasteiger charge is -2.35. The molecule has 17 heavy (non-hydrogen) atoms. The van der Waals surface area contributed by atoms with Gasteiger partial charge in [0.25, 0.3) is 0 Å². The summed E-state index contributed by atoms with van der Waals surface area (Å²) in [5, 5.41) is 3.35. The maximum absolute atomic E-state index is 5.48. The quantitative estimate of drug-likeness (QED) is 0.281. The molecular formula is C11H24N4O2. The highest BCUT2D eigenvalue weighted by Crippen LogP contribution is 2.19. The lowest BCUT2D eigenvalue weighted by Crippen LogP contribution is -2.55. The van der Waals surface area contributed by atoms with E-state index in [1.54, 1.807) is 7.11 Å². The molecule has 0 aromatic heterocycles. The summed E-state index contributed by atoms with van der Waals surface area (Å²) in [6.07, 6.45) is 1.90. The Morgan fingerprint density at radius 2 is 2.18 bits per heavy atom. The van der Waals surface area contributed by atoms with E-state index in [-0.39, 0.29) is 11.6 Å². The maximum atomic E-state index is 5.48. The molecule has 6 nitrogen and oxygen atoms in total. The maximum Gasteiger partial charge on any atom is 0.206 e. The Labute approximate surface area is 103 Å². The molecule has 1 aliphatic rings. The second-order valence-corrected chi connectivity index (χ2v) is 4.72. The molecule has 0 bridgehead atoms. The normalized spacial score (nSPS) is 22.0. The van der Waals surface area contributed by atoms with Crippen molar-refractivity contribution >= 4 is 5.96 Å². The molecule has 0 saturated carbocycles. The molecular weight excluding hydrogens is 220 g/mol. The van der Waals surface area contributed by atoms with E-state index in [4.69, 9.17) is 15.3 Å². The van der Waals surface area contributed by atoms with Gasteiger partial charge in [-0.05, 0) is 26.7 Å². The average molecular weight is 244 g/mol. The Bertz CT molecular complexity index is 252. The molecule has 1 saturated heterocycles. The van der Waals surface area contributed by atoms with E-state index >= 15 is 0 Å². The number of hydrogen-bond acceptors (Lipinski definition) is 4. The fraction of sp³-hybridized carbons (Fsp3) is 0.909. The fourth-order valence-corrected chi connectivity index (χ4v) is 1.84. The van der Waals surface area contributed by atoms with Crippen LogP contribution >= 0.6 is 0 Å². The van der Waals surface area contributed by atoms with E-state index < -0.39 is 0 Å². The summed E-state index contributed by atoms with van der Waals surface area (Å²) in [5.41, 5.74) is 2.60. The summed E-state index contributed by atoms with van der Waals surface area (Å²) in [6.45, 7) is 6.26. The van der Waals surface area contributed by atoms with Gasteiger partial charge in [-0.1, -0.05) is 0 Å². The van der Waals surface area contributed by atoms with Crippen LogP contribution in [0.15, 0.2) is 4.99 Å². The van der Waals surface area contributed by atoms with Gasteiger partial charge in [0.2, 0.25) is 5.96 Å². The largest absolute Gasteiger partial charge is 0.382 e. The molecule has 6 heteroatoms. The van der Waals surface area contributed by atoms with E-state index in [2.05, 4.69) is 22.7 Å². The van der Waals surface area contributed by atoms with Crippen LogP contribution in [0.4, 0.5) is 0 Å². The second-order valence-electron chi connectivity index (χ2n) is 4.72. The SMILES string of the molecule is COCC(C)N=C(NN)NC1(C)CCOCC1. The highest BCUT2D eigenvalue weighted by Gasteiger charge is 2.28. The Hall–Kier alpha value is -0.850. The van der Waals surface area contributed by atoms with Gasteiger partial charge in [0.1, 0.15) is 0 Å². The van der Waals surface area contributed by atoms with Gasteiger partial charge in [-0.15, -0.1) is 0 Å². The number of rotatable bonds is 4. The van der Waals surface area contributed by atoms with Gasteiger partial charge in [0.05, 0.1) is 12.6 Å². The van der Waals surface area contributed by atoms with Crippen LogP contribution in [-0.4, -0.2) is 44.5 Å². The predicted octanol–water partition coefficient (Wildman–Crippen LogP) is -0.000700. The molecule has 0 aromatic rings. The van der Waals surface area contributed by atoms with Gasteiger partial charge in [-0.2, -0.15) is 0 Å². The lowest BCUT2D eigenvalue weighted by molar-refractivity contribution is 0.0520. The van der Waals surface area contributed by atoms with Crippen LogP contribution in [0.2, 0.25) is 0 Å². The first-order valence-corrected chi connectivity index (χ1v) is 5.99. The van der Waals surface area contributed by atoms with E-state index in [9.17, 15) is 0 Å². The molecule has 0 aromatic carbocycles. The summed E-state index contributed by atoms with van der Waals surface area (Å²) < 4.78 is 10.4. The van der Waals surface area contributed by atoms with Gasteiger partial charge < -0.3 is 14.8 Å². The first-order valence-electron chi connectivity index (χ1n) is 5.99. The van der Waals surface area contributed by atoms with Crippen molar-refractivity contribution in [2.24, 2.45) is 10.8 Å². The smallest absolute Gasteiger partial charge is 0.206 e. The molecule has 1 atom stereocenters. The van der Waals surface area contributed by atoms with Crippen molar-refractivity contribution in [3.8, 4) is 0 Å². The molecule has 1 heterocycles. The predicted molar refractivity (Wildman–Crippen MR) is 67.7 cm³/mol. The number of aliphatic imine (C=N–C) groups is 1. The zero-order chi connectivity index (χ0) is 12.7. The number of guanidine groups is 1. The van der Waals surface area contributed by atoms with Crippen molar-refractivity contribution in [3.63, 3.8) is 0 Å². The van der Waals surface area contributed by atoms with E-state index in [1.165, 1.54) is 0 Å². The average Bonchev–Trinajstić information content (AvgIpc) is 2.29. The van der Waals surface area contributed by atoms with Crippen molar-refractivity contribution < 1.29 is 9.47 Å². The first kappa shape index (κ1) is 14.2. The highest BCUT2D eigenvalue weighted by molar-refractivity contribution is 5.80.